The maximum atomic E-state index is 12.3. The standard InChI is InChI=1S/C19H18N4O5S/c1-28-13-7-8-14(15(9-13)23(26)27)21-17(24)10-16-18(25)22-19(29-16)20-11-12-5-3-2-4-6-12/h2-9,16H,10-11H2,1H3,(H,21,24)(H,20,22,25)/t16-/m1/s1. The van der Waals surface area contributed by atoms with Gasteiger partial charge in [0.15, 0.2) is 5.17 Å². The Bertz CT molecular complexity index is 964. The smallest absolute Gasteiger partial charge is 0.296 e. The molecule has 0 aromatic heterocycles. The van der Waals surface area contributed by atoms with Crippen molar-refractivity contribution < 1.29 is 19.2 Å². The number of carbonyl (C=O) groups is 2. The van der Waals surface area contributed by atoms with E-state index in [2.05, 4.69) is 15.6 Å². The van der Waals surface area contributed by atoms with Gasteiger partial charge >= 0.3 is 0 Å². The Morgan fingerprint density at radius 3 is 2.76 bits per heavy atom. The normalized spacial score (nSPS) is 17.1. The fraction of sp³-hybridized carbons (Fsp3) is 0.211. The number of carbonyl (C=O) groups excluding carboxylic acids is 2. The molecule has 10 heteroatoms. The largest absolute Gasteiger partial charge is 0.496 e. The molecule has 1 saturated heterocycles. The lowest BCUT2D eigenvalue weighted by molar-refractivity contribution is -0.384. The molecule has 0 unspecified atom stereocenters. The van der Waals surface area contributed by atoms with Crippen molar-refractivity contribution in [2.45, 2.75) is 18.2 Å². The van der Waals surface area contributed by atoms with Crippen LogP contribution in [0.4, 0.5) is 11.4 Å². The summed E-state index contributed by atoms with van der Waals surface area (Å²) in [6.07, 6.45) is -0.135. The molecule has 9 nitrogen and oxygen atoms in total. The zero-order valence-corrected chi connectivity index (χ0v) is 16.3. The number of thioether (sulfide) groups is 1. The van der Waals surface area contributed by atoms with Gasteiger partial charge in [-0.15, -0.1) is 0 Å². The molecule has 0 saturated carbocycles. The quantitative estimate of drug-likeness (QED) is 0.530. The predicted octanol–water partition coefficient (Wildman–Crippen LogP) is 2.72. The van der Waals surface area contributed by atoms with Crippen LogP contribution in [0.3, 0.4) is 0 Å². The summed E-state index contributed by atoms with van der Waals surface area (Å²) in [7, 11) is 1.39. The number of nitrogens with one attached hydrogen (secondary N) is 2. The highest BCUT2D eigenvalue weighted by Crippen LogP contribution is 2.30. The molecule has 2 N–H and O–H groups in total. The van der Waals surface area contributed by atoms with E-state index in [9.17, 15) is 19.7 Å². The van der Waals surface area contributed by atoms with E-state index in [1.54, 1.807) is 0 Å². The predicted molar refractivity (Wildman–Crippen MR) is 110 cm³/mol. The third-order valence-electron chi connectivity index (χ3n) is 4.07. The van der Waals surface area contributed by atoms with E-state index in [0.29, 0.717) is 17.5 Å². The van der Waals surface area contributed by atoms with Crippen molar-refractivity contribution in [3.63, 3.8) is 0 Å². The van der Waals surface area contributed by atoms with Gasteiger partial charge in [-0.3, -0.25) is 24.7 Å². The molecule has 2 amide bonds. The number of aliphatic imine (C=N–C) groups is 1. The SMILES string of the molecule is COc1ccc(NC(=O)C[C@H]2SC(=NCc3ccccc3)NC2=O)c([N+](=O)[O-])c1. The first-order valence-corrected chi connectivity index (χ1v) is 9.52. The third kappa shape index (κ3) is 5.32. The van der Waals surface area contributed by atoms with Crippen LogP contribution in [0.15, 0.2) is 53.5 Å². The second kappa shape index (κ2) is 9.20. The molecule has 1 fully saturated rings. The molecule has 150 valence electrons. The molecule has 0 bridgehead atoms. The van der Waals surface area contributed by atoms with Crippen LogP contribution in [-0.2, 0) is 16.1 Å². The van der Waals surface area contributed by atoms with E-state index in [4.69, 9.17) is 4.74 Å². The first-order chi connectivity index (χ1) is 14.0. The van der Waals surface area contributed by atoms with Gasteiger partial charge in [0.1, 0.15) is 16.7 Å². The van der Waals surface area contributed by atoms with Crippen molar-refractivity contribution >= 4 is 40.1 Å². The summed E-state index contributed by atoms with van der Waals surface area (Å²) >= 11 is 1.17. The van der Waals surface area contributed by atoms with Crippen LogP contribution in [-0.4, -0.2) is 34.3 Å². The molecule has 0 spiro atoms. The molecule has 1 heterocycles. The lowest BCUT2D eigenvalue weighted by atomic mass is 10.2. The number of nitrogens with zero attached hydrogens (tertiary/aromatic N) is 2. The topological polar surface area (TPSA) is 123 Å². The van der Waals surface area contributed by atoms with E-state index in [1.807, 2.05) is 30.3 Å². The van der Waals surface area contributed by atoms with Gasteiger partial charge in [0.05, 0.1) is 24.6 Å². The van der Waals surface area contributed by atoms with Crippen molar-refractivity contribution in [1.82, 2.24) is 5.32 Å². The number of methoxy groups -OCH3 is 1. The number of nitro groups is 1. The number of ether oxygens (including phenoxy) is 1. The number of nitro benzene ring substituents is 1. The number of hydrogen-bond acceptors (Lipinski definition) is 7. The third-order valence-corrected chi connectivity index (χ3v) is 5.19. The molecule has 1 aliphatic heterocycles. The highest BCUT2D eigenvalue weighted by atomic mass is 32.2. The maximum absolute atomic E-state index is 12.3. The van der Waals surface area contributed by atoms with Gasteiger partial charge in [0.2, 0.25) is 11.8 Å². The van der Waals surface area contributed by atoms with E-state index < -0.39 is 16.1 Å². The van der Waals surface area contributed by atoms with E-state index in [0.717, 1.165) is 5.56 Å². The fourth-order valence-electron chi connectivity index (χ4n) is 2.63. The monoisotopic (exact) mass is 414 g/mol. The number of amides is 2. The zero-order chi connectivity index (χ0) is 20.8. The van der Waals surface area contributed by atoms with Gasteiger partial charge in [0.25, 0.3) is 5.69 Å². The molecule has 2 aromatic rings. The van der Waals surface area contributed by atoms with Crippen molar-refractivity contribution in [1.29, 1.82) is 0 Å². The summed E-state index contributed by atoms with van der Waals surface area (Å²) in [5, 5.41) is 16.2. The van der Waals surface area contributed by atoms with Crippen molar-refractivity contribution in [3.05, 3.63) is 64.2 Å². The van der Waals surface area contributed by atoms with Gasteiger partial charge < -0.3 is 15.4 Å². The summed E-state index contributed by atoms with van der Waals surface area (Å²) in [6.45, 7) is 0.417. The van der Waals surface area contributed by atoms with Gasteiger partial charge in [0, 0.05) is 6.42 Å². The molecular weight excluding hydrogens is 396 g/mol. The second-order valence-electron chi connectivity index (χ2n) is 6.10. The van der Waals surface area contributed by atoms with Gasteiger partial charge in [-0.2, -0.15) is 0 Å². The Kier molecular flexibility index (Phi) is 6.45. The molecular formula is C19H18N4O5S. The number of benzene rings is 2. The van der Waals surface area contributed by atoms with Crippen LogP contribution in [0.5, 0.6) is 5.75 Å². The first kappa shape index (κ1) is 20.3. The Morgan fingerprint density at radius 2 is 2.07 bits per heavy atom. The second-order valence-corrected chi connectivity index (χ2v) is 7.29. The molecule has 1 atom stereocenters. The number of anilines is 1. The van der Waals surface area contributed by atoms with Crippen LogP contribution in [0.1, 0.15) is 12.0 Å². The van der Waals surface area contributed by atoms with Gasteiger partial charge in [-0.1, -0.05) is 42.1 Å². The fourth-order valence-corrected chi connectivity index (χ4v) is 3.59. The van der Waals surface area contributed by atoms with Crippen LogP contribution >= 0.6 is 11.8 Å². The molecule has 29 heavy (non-hydrogen) atoms. The Morgan fingerprint density at radius 1 is 1.31 bits per heavy atom. The highest BCUT2D eigenvalue weighted by Gasteiger charge is 2.32. The number of hydrogen-bond donors (Lipinski definition) is 2. The van der Waals surface area contributed by atoms with Crippen molar-refractivity contribution in [2.75, 3.05) is 12.4 Å². The lowest BCUT2D eigenvalue weighted by Crippen LogP contribution is -2.28. The average Bonchev–Trinajstić information content (AvgIpc) is 3.06. The number of rotatable bonds is 7. The Hall–Kier alpha value is -3.40. The summed E-state index contributed by atoms with van der Waals surface area (Å²) < 4.78 is 4.97. The summed E-state index contributed by atoms with van der Waals surface area (Å²) in [5.74, 6) is -0.517. The molecule has 0 aliphatic carbocycles. The van der Waals surface area contributed by atoms with Crippen LogP contribution in [0.25, 0.3) is 0 Å². The highest BCUT2D eigenvalue weighted by molar-refractivity contribution is 8.15. The van der Waals surface area contributed by atoms with E-state index in [-0.39, 0.29) is 23.7 Å². The lowest BCUT2D eigenvalue weighted by Gasteiger charge is -2.09. The van der Waals surface area contributed by atoms with Crippen LogP contribution in [0, 0.1) is 10.1 Å². The van der Waals surface area contributed by atoms with Gasteiger partial charge in [-0.25, -0.2) is 0 Å². The minimum atomic E-state index is -0.651. The molecule has 0 radical (unpaired) electrons. The molecule has 1 aliphatic rings. The van der Waals surface area contributed by atoms with Gasteiger partial charge in [-0.05, 0) is 17.7 Å². The molecule has 2 aromatic carbocycles. The number of amidine groups is 1. The average molecular weight is 414 g/mol. The summed E-state index contributed by atoms with van der Waals surface area (Å²) in [5.41, 5.74) is 0.761. The minimum absolute atomic E-state index is 0.0437. The maximum Gasteiger partial charge on any atom is 0.296 e. The zero-order valence-electron chi connectivity index (χ0n) is 15.5. The minimum Gasteiger partial charge on any atom is -0.496 e. The Labute approximate surface area is 170 Å². The van der Waals surface area contributed by atoms with Crippen LogP contribution in [0.2, 0.25) is 0 Å². The molecule has 3 rings (SSSR count). The van der Waals surface area contributed by atoms with E-state index in [1.165, 1.54) is 37.1 Å². The van der Waals surface area contributed by atoms with Crippen LogP contribution < -0.4 is 15.4 Å². The van der Waals surface area contributed by atoms with E-state index >= 15 is 0 Å². The summed E-state index contributed by atoms with van der Waals surface area (Å²) in [6, 6.07) is 13.7. The van der Waals surface area contributed by atoms with Crippen molar-refractivity contribution in [2.24, 2.45) is 4.99 Å². The van der Waals surface area contributed by atoms with Crippen molar-refractivity contribution in [3.8, 4) is 5.75 Å². The Balaban J connectivity index is 1.61. The summed E-state index contributed by atoms with van der Waals surface area (Å²) in [4.78, 5) is 39.4. The first-order valence-electron chi connectivity index (χ1n) is 8.64.